The normalized spacial score (nSPS) is 16.5. The molecule has 2 aromatic heterocycles. The highest BCUT2D eigenvalue weighted by molar-refractivity contribution is 5.99. The van der Waals surface area contributed by atoms with Crippen molar-refractivity contribution in [3.63, 3.8) is 0 Å². The molecule has 144 valence electrons. The van der Waals surface area contributed by atoms with Gasteiger partial charge in [0.05, 0.1) is 24.4 Å². The molecule has 7 nitrogen and oxygen atoms in total. The maximum Gasteiger partial charge on any atom is 0.256 e. The van der Waals surface area contributed by atoms with Gasteiger partial charge in [0.15, 0.2) is 5.65 Å². The van der Waals surface area contributed by atoms with E-state index < -0.39 is 0 Å². The second-order valence-electron chi connectivity index (χ2n) is 6.79. The lowest BCUT2D eigenvalue weighted by molar-refractivity contribution is -0.131. The van der Waals surface area contributed by atoms with Crippen molar-refractivity contribution in [1.82, 2.24) is 24.8 Å². The van der Waals surface area contributed by atoms with Gasteiger partial charge in [-0.3, -0.25) is 9.59 Å². The summed E-state index contributed by atoms with van der Waals surface area (Å²) in [7, 11) is 1.56. The van der Waals surface area contributed by atoms with Crippen LogP contribution in [0.3, 0.4) is 0 Å². The quantitative estimate of drug-likeness (QED) is 0.751. The zero-order chi connectivity index (χ0) is 19.7. The van der Waals surface area contributed by atoms with E-state index in [2.05, 4.69) is 15.4 Å². The van der Waals surface area contributed by atoms with Crippen LogP contribution in [0.4, 0.5) is 4.39 Å². The molecule has 1 aliphatic heterocycles. The van der Waals surface area contributed by atoms with Crippen molar-refractivity contribution in [3.05, 3.63) is 65.4 Å². The Morgan fingerprint density at radius 2 is 2.04 bits per heavy atom. The maximum absolute atomic E-state index is 13.1. The van der Waals surface area contributed by atoms with E-state index >= 15 is 0 Å². The second kappa shape index (κ2) is 7.38. The summed E-state index contributed by atoms with van der Waals surface area (Å²) in [6.07, 6.45) is 5.04. The molecule has 0 radical (unpaired) electrons. The van der Waals surface area contributed by atoms with Crippen molar-refractivity contribution < 1.29 is 14.0 Å². The van der Waals surface area contributed by atoms with E-state index in [-0.39, 0.29) is 30.1 Å². The van der Waals surface area contributed by atoms with Gasteiger partial charge in [-0.1, -0.05) is 12.1 Å². The Morgan fingerprint density at radius 3 is 2.79 bits per heavy atom. The molecule has 1 saturated heterocycles. The van der Waals surface area contributed by atoms with E-state index in [1.165, 1.54) is 18.3 Å². The van der Waals surface area contributed by atoms with Gasteiger partial charge < -0.3 is 10.2 Å². The molecular weight excluding hydrogens is 361 g/mol. The van der Waals surface area contributed by atoms with Gasteiger partial charge in [0.1, 0.15) is 11.4 Å². The number of hydrogen-bond donors (Lipinski definition) is 1. The van der Waals surface area contributed by atoms with Gasteiger partial charge in [-0.15, -0.1) is 0 Å². The molecule has 3 aromatic rings. The molecule has 1 aliphatic rings. The third-order valence-electron chi connectivity index (χ3n) is 5.09. The predicted octanol–water partition coefficient (Wildman–Crippen LogP) is 2.13. The highest BCUT2D eigenvalue weighted by Gasteiger charge is 2.32. The highest BCUT2D eigenvalue weighted by Crippen LogP contribution is 2.32. The molecule has 1 unspecified atom stereocenters. The number of rotatable bonds is 4. The lowest BCUT2D eigenvalue weighted by atomic mass is 10.1. The predicted molar refractivity (Wildman–Crippen MR) is 100 cm³/mol. The van der Waals surface area contributed by atoms with E-state index in [1.54, 1.807) is 29.9 Å². The Kier molecular flexibility index (Phi) is 4.77. The topological polar surface area (TPSA) is 79.6 Å². The number of likely N-dealkylation sites (tertiary alicyclic amines) is 1. The molecule has 1 fully saturated rings. The van der Waals surface area contributed by atoms with Gasteiger partial charge in [0, 0.05) is 19.8 Å². The summed E-state index contributed by atoms with van der Waals surface area (Å²) in [5, 5.41) is 6.92. The molecule has 0 saturated carbocycles. The maximum atomic E-state index is 13.1. The van der Waals surface area contributed by atoms with Crippen molar-refractivity contribution in [1.29, 1.82) is 0 Å². The number of fused-ring (bicyclic) bond motifs is 1. The van der Waals surface area contributed by atoms with E-state index in [1.807, 2.05) is 11.0 Å². The van der Waals surface area contributed by atoms with Crippen LogP contribution in [0.25, 0.3) is 5.65 Å². The first kappa shape index (κ1) is 18.1. The fourth-order valence-corrected chi connectivity index (χ4v) is 3.71. The van der Waals surface area contributed by atoms with Crippen molar-refractivity contribution in [3.8, 4) is 0 Å². The van der Waals surface area contributed by atoms with Crippen LogP contribution in [0.1, 0.15) is 40.5 Å². The molecule has 28 heavy (non-hydrogen) atoms. The molecule has 1 aromatic carbocycles. The summed E-state index contributed by atoms with van der Waals surface area (Å²) >= 11 is 0. The van der Waals surface area contributed by atoms with Gasteiger partial charge >= 0.3 is 0 Å². The summed E-state index contributed by atoms with van der Waals surface area (Å²) in [5.41, 5.74) is 2.46. The van der Waals surface area contributed by atoms with Crippen molar-refractivity contribution in [2.45, 2.75) is 25.3 Å². The fraction of sp³-hybridized carbons (Fsp3) is 0.300. The van der Waals surface area contributed by atoms with Crippen LogP contribution in [0.15, 0.2) is 42.7 Å². The zero-order valence-electron chi connectivity index (χ0n) is 15.4. The van der Waals surface area contributed by atoms with Gasteiger partial charge in [0.25, 0.3) is 5.91 Å². The standard InChI is InChI=1S/C20H20FN5O2/c1-22-20(28)15-12-24-26-17(8-9-23-19(15)26)16-3-2-10-25(16)18(27)11-13-4-6-14(21)7-5-13/h4-9,12,16H,2-3,10-11H2,1H3,(H,22,28). The van der Waals surface area contributed by atoms with Crippen LogP contribution in [0.2, 0.25) is 0 Å². The minimum atomic E-state index is -0.319. The lowest BCUT2D eigenvalue weighted by Gasteiger charge is -2.25. The number of amides is 2. The Balaban J connectivity index is 1.63. The fourth-order valence-electron chi connectivity index (χ4n) is 3.71. The summed E-state index contributed by atoms with van der Waals surface area (Å²) in [6.45, 7) is 0.651. The van der Waals surface area contributed by atoms with E-state index in [0.29, 0.717) is 17.8 Å². The van der Waals surface area contributed by atoms with Crippen LogP contribution in [0, 0.1) is 5.82 Å². The average Bonchev–Trinajstić information content (AvgIpc) is 3.36. The molecular formula is C20H20FN5O2. The van der Waals surface area contributed by atoms with Crippen LogP contribution >= 0.6 is 0 Å². The van der Waals surface area contributed by atoms with Gasteiger partial charge in [-0.2, -0.15) is 5.10 Å². The third-order valence-corrected chi connectivity index (χ3v) is 5.09. The van der Waals surface area contributed by atoms with Gasteiger partial charge in [-0.25, -0.2) is 13.9 Å². The van der Waals surface area contributed by atoms with Crippen LogP contribution in [0.5, 0.6) is 0 Å². The minimum Gasteiger partial charge on any atom is -0.355 e. The third kappa shape index (κ3) is 3.21. The second-order valence-corrected chi connectivity index (χ2v) is 6.79. The largest absolute Gasteiger partial charge is 0.355 e. The number of benzene rings is 1. The number of nitrogens with one attached hydrogen (secondary N) is 1. The first-order valence-electron chi connectivity index (χ1n) is 9.17. The Morgan fingerprint density at radius 1 is 1.25 bits per heavy atom. The van der Waals surface area contributed by atoms with Gasteiger partial charge in [0.2, 0.25) is 5.91 Å². The molecule has 2 amide bonds. The summed E-state index contributed by atoms with van der Waals surface area (Å²) in [4.78, 5) is 31.0. The number of nitrogens with zero attached hydrogens (tertiary/aromatic N) is 4. The molecule has 1 atom stereocenters. The smallest absolute Gasteiger partial charge is 0.256 e. The van der Waals surface area contributed by atoms with Crippen LogP contribution < -0.4 is 5.32 Å². The molecule has 1 N–H and O–H groups in total. The molecule has 0 aliphatic carbocycles. The van der Waals surface area contributed by atoms with Crippen LogP contribution in [-0.4, -0.2) is 44.9 Å². The Labute approximate surface area is 161 Å². The molecule has 8 heteroatoms. The summed E-state index contributed by atoms with van der Waals surface area (Å²) in [5.74, 6) is -0.590. The minimum absolute atomic E-state index is 0.0160. The zero-order valence-corrected chi connectivity index (χ0v) is 15.4. The van der Waals surface area contributed by atoms with E-state index in [9.17, 15) is 14.0 Å². The molecule has 0 bridgehead atoms. The van der Waals surface area contributed by atoms with Crippen molar-refractivity contribution in [2.75, 3.05) is 13.6 Å². The first-order valence-corrected chi connectivity index (χ1v) is 9.17. The summed E-state index contributed by atoms with van der Waals surface area (Å²) in [6, 6.07) is 7.68. The molecule has 4 rings (SSSR count). The summed E-state index contributed by atoms with van der Waals surface area (Å²) < 4.78 is 14.7. The van der Waals surface area contributed by atoms with Crippen LogP contribution in [-0.2, 0) is 11.2 Å². The average molecular weight is 381 g/mol. The molecule has 0 spiro atoms. The molecule has 3 heterocycles. The highest BCUT2D eigenvalue weighted by atomic mass is 19.1. The van der Waals surface area contributed by atoms with E-state index in [0.717, 1.165) is 24.1 Å². The number of carbonyl (C=O) groups excluding carboxylic acids is 2. The van der Waals surface area contributed by atoms with Gasteiger partial charge in [-0.05, 0) is 36.6 Å². The van der Waals surface area contributed by atoms with Crippen molar-refractivity contribution >= 4 is 17.5 Å². The number of aromatic nitrogens is 3. The SMILES string of the molecule is CNC(=O)c1cnn2c(C3CCCN3C(=O)Cc3ccc(F)cc3)ccnc12. The number of halogens is 1. The van der Waals surface area contributed by atoms with Crippen molar-refractivity contribution in [2.24, 2.45) is 0 Å². The monoisotopic (exact) mass is 381 g/mol. The Hall–Kier alpha value is -3.29. The van der Waals surface area contributed by atoms with E-state index in [4.69, 9.17) is 0 Å². The number of hydrogen-bond acceptors (Lipinski definition) is 4. The Bertz CT molecular complexity index is 1030. The number of carbonyl (C=O) groups is 2. The lowest BCUT2D eigenvalue weighted by Crippen LogP contribution is -2.32. The first-order chi connectivity index (χ1) is 13.6.